The van der Waals surface area contributed by atoms with Crippen LogP contribution in [0, 0.1) is 0 Å². The molecule has 0 aliphatic heterocycles. The van der Waals surface area contributed by atoms with Crippen LogP contribution in [0.1, 0.15) is 42.7 Å². The number of hydrogen-bond donors (Lipinski definition) is 1. The second-order valence-electron chi connectivity index (χ2n) is 5.86. The lowest BCUT2D eigenvalue weighted by Gasteiger charge is -2.13. The summed E-state index contributed by atoms with van der Waals surface area (Å²) >= 11 is 0. The molecule has 0 saturated heterocycles. The maximum absolute atomic E-state index is 12.3. The molecule has 0 saturated carbocycles. The summed E-state index contributed by atoms with van der Waals surface area (Å²) in [5.74, 6) is 0.234. The van der Waals surface area contributed by atoms with Crippen LogP contribution in [0.5, 0.6) is 0 Å². The van der Waals surface area contributed by atoms with Gasteiger partial charge < -0.3 is 14.9 Å². The minimum atomic E-state index is -0.449. The third-order valence-electron chi connectivity index (χ3n) is 3.83. The quantitative estimate of drug-likeness (QED) is 0.721. The fraction of sp³-hybridized carbons (Fsp3) is 0.263. The molecule has 0 aliphatic rings. The number of rotatable bonds is 4. The summed E-state index contributed by atoms with van der Waals surface area (Å²) in [7, 11) is 0. The van der Waals surface area contributed by atoms with Crippen LogP contribution in [0.2, 0.25) is 0 Å². The van der Waals surface area contributed by atoms with Crippen LogP contribution in [0.25, 0.3) is 22.4 Å². The molecule has 3 aromatic rings. The number of carbonyl (C=O) groups is 1. The van der Waals surface area contributed by atoms with Crippen molar-refractivity contribution in [2.24, 2.45) is 0 Å². The van der Waals surface area contributed by atoms with E-state index in [1.807, 2.05) is 50.2 Å². The number of furan rings is 1. The predicted molar refractivity (Wildman–Crippen MR) is 93.9 cm³/mol. The molecule has 0 amide bonds. The molecule has 0 unspecified atom stereocenters. The van der Waals surface area contributed by atoms with Crippen molar-refractivity contribution in [2.75, 3.05) is 12.3 Å². The van der Waals surface area contributed by atoms with Gasteiger partial charge in [0.15, 0.2) is 0 Å². The summed E-state index contributed by atoms with van der Waals surface area (Å²) < 4.78 is 11.0. The third kappa shape index (κ3) is 2.73. The summed E-state index contributed by atoms with van der Waals surface area (Å²) in [6.45, 7) is 5.96. The number of nitrogen functional groups attached to an aromatic ring is 1. The molecule has 2 heterocycles. The van der Waals surface area contributed by atoms with Gasteiger partial charge in [-0.15, -0.1) is 0 Å². The van der Waals surface area contributed by atoms with E-state index in [1.165, 1.54) is 0 Å². The standard InChI is InChI=1S/C19H20N2O3/c1-4-23-19(22)15-16(20)13-10-14(12-8-6-5-7-9-12)24-18(13)21-17(15)11(2)3/h5-11H,4H2,1-3H3,(H2,20,21). The van der Waals surface area contributed by atoms with E-state index in [0.717, 1.165) is 5.56 Å². The van der Waals surface area contributed by atoms with Crippen LogP contribution in [0.4, 0.5) is 5.69 Å². The van der Waals surface area contributed by atoms with E-state index in [2.05, 4.69) is 4.98 Å². The van der Waals surface area contributed by atoms with E-state index in [9.17, 15) is 4.79 Å². The van der Waals surface area contributed by atoms with Gasteiger partial charge in [0.1, 0.15) is 11.3 Å². The van der Waals surface area contributed by atoms with Gasteiger partial charge in [-0.1, -0.05) is 44.2 Å². The average Bonchev–Trinajstić information content (AvgIpc) is 3.00. The Morgan fingerprint density at radius 2 is 2.00 bits per heavy atom. The molecule has 0 bridgehead atoms. The SMILES string of the molecule is CCOC(=O)c1c(C(C)C)nc2oc(-c3ccccc3)cc2c1N. The first kappa shape index (κ1) is 16.1. The number of benzene rings is 1. The maximum atomic E-state index is 12.3. The van der Waals surface area contributed by atoms with E-state index >= 15 is 0 Å². The van der Waals surface area contributed by atoms with Crippen LogP contribution < -0.4 is 5.73 Å². The molecule has 124 valence electrons. The fourth-order valence-corrected chi connectivity index (χ4v) is 2.68. The Bertz CT molecular complexity index is 883. The molecule has 24 heavy (non-hydrogen) atoms. The monoisotopic (exact) mass is 324 g/mol. The first-order valence-corrected chi connectivity index (χ1v) is 7.98. The van der Waals surface area contributed by atoms with Crippen LogP contribution in [-0.2, 0) is 4.74 Å². The fourth-order valence-electron chi connectivity index (χ4n) is 2.68. The molecule has 3 rings (SSSR count). The Labute approximate surface area is 140 Å². The van der Waals surface area contributed by atoms with E-state index in [-0.39, 0.29) is 12.5 Å². The highest BCUT2D eigenvalue weighted by molar-refractivity contribution is 6.05. The Morgan fingerprint density at radius 1 is 1.29 bits per heavy atom. The Hall–Kier alpha value is -2.82. The van der Waals surface area contributed by atoms with E-state index < -0.39 is 5.97 Å². The van der Waals surface area contributed by atoms with Crippen molar-refractivity contribution in [3.8, 4) is 11.3 Å². The molecule has 2 N–H and O–H groups in total. The van der Waals surface area contributed by atoms with Crippen LogP contribution in [-0.4, -0.2) is 17.6 Å². The highest BCUT2D eigenvalue weighted by Crippen LogP contribution is 2.35. The molecular weight excluding hydrogens is 304 g/mol. The Kier molecular flexibility index (Phi) is 4.25. The van der Waals surface area contributed by atoms with Gasteiger partial charge in [0, 0.05) is 5.56 Å². The molecule has 0 aliphatic carbocycles. The second-order valence-corrected chi connectivity index (χ2v) is 5.86. The molecule has 0 spiro atoms. The molecule has 2 aromatic heterocycles. The summed E-state index contributed by atoms with van der Waals surface area (Å²) in [6.07, 6.45) is 0. The summed E-state index contributed by atoms with van der Waals surface area (Å²) in [6, 6.07) is 11.5. The number of nitrogens with two attached hydrogens (primary N) is 1. The van der Waals surface area contributed by atoms with Gasteiger partial charge in [-0.05, 0) is 18.9 Å². The van der Waals surface area contributed by atoms with Crippen molar-refractivity contribution in [3.63, 3.8) is 0 Å². The van der Waals surface area contributed by atoms with Gasteiger partial charge >= 0.3 is 5.97 Å². The highest BCUT2D eigenvalue weighted by atomic mass is 16.5. The van der Waals surface area contributed by atoms with Gasteiger partial charge in [0.05, 0.1) is 23.4 Å². The number of aromatic nitrogens is 1. The van der Waals surface area contributed by atoms with E-state index in [1.54, 1.807) is 6.92 Å². The summed E-state index contributed by atoms with van der Waals surface area (Å²) in [5, 5.41) is 0.626. The molecule has 1 aromatic carbocycles. The van der Waals surface area contributed by atoms with Crippen molar-refractivity contribution in [1.29, 1.82) is 0 Å². The molecule has 0 atom stereocenters. The van der Waals surface area contributed by atoms with Gasteiger partial charge in [0.25, 0.3) is 0 Å². The number of ether oxygens (including phenoxy) is 1. The third-order valence-corrected chi connectivity index (χ3v) is 3.83. The smallest absolute Gasteiger partial charge is 0.342 e. The number of hydrogen-bond acceptors (Lipinski definition) is 5. The van der Waals surface area contributed by atoms with Gasteiger partial charge in [-0.25, -0.2) is 9.78 Å². The predicted octanol–water partition coefficient (Wildman–Crippen LogP) is 4.38. The molecule has 0 fully saturated rings. The minimum absolute atomic E-state index is 0.0152. The molecular formula is C19H20N2O3. The van der Waals surface area contributed by atoms with Crippen LogP contribution in [0.15, 0.2) is 40.8 Å². The normalized spacial score (nSPS) is 11.2. The minimum Gasteiger partial charge on any atom is -0.462 e. The van der Waals surface area contributed by atoms with Gasteiger partial charge in [-0.2, -0.15) is 0 Å². The topological polar surface area (TPSA) is 78.3 Å². The van der Waals surface area contributed by atoms with Crippen molar-refractivity contribution in [3.05, 3.63) is 47.7 Å². The highest BCUT2D eigenvalue weighted by Gasteiger charge is 2.24. The Balaban J connectivity index is 2.23. The summed E-state index contributed by atoms with van der Waals surface area (Å²) in [5.41, 5.74) is 8.92. The summed E-state index contributed by atoms with van der Waals surface area (Å²) in [4.78, 5) is 16.9. The number of anilines is 1. The zero-order chi connectivity index (χ0) is 17.3. The Morgan fingerprint density at radius 3 is 2.62 bits per heavy atom. The molecule has 5 heteroatoms. The van der Waals surface area contributed by atoms with Crippen molar-refractivity contribution >= 4 is 22.8 Å². The van der Waals surface area contributed by atoms with Crippen molar-refractivity contribution < 1.29 is 13.9 Å². The second kappa shape index (κ2) is 6.35. The van der Waals surface area contributed by atoms with E-state index in [0.29, 0.717) is 33.8 Å². The molecule has 0 radical (unpaired) electrons. The lowest BCUT2D eigenvalue weighted by molar-refractivity contribution is 0.0525. The zero-order valence-corrected chi connectivity index (χ0v) is 14.0. The average molecular weight is 324 g/mol. The lowest BCUT2D eigenvalue weighted by Crippen LogP contribution is -2.14. The molecule has 5 nitrogen and oxygen atoms in total. The zero-order valence-electron chi connectivity index (χ0n) is 14.0. The largest absolute Gasteiger partial charge is 0.462 e. The van der Waals surface area contributed by atoms with Gasteiger partial charge in [0.2, 0.25) is 5.71 Å². The van der Waals surface area contributed by atoms with Crippen molar-refractivity contribution in [1.82, 2.24) is 4.98 Å². The first-order chi connectivity index (χ1) is 11.5. The number of fused-ring (bicyclic) bond motifs is 1. The van der Waals surface area contributed by atoms with Crippen LogP contribution >= 0.6 is 0 Å². The number of nitrogens with zero attached hydrogens (tertiary/aromatic N) is 1. The lowest BCUT2D eigenvalue weighted by atomic mass is 10.0. The van der Waals surface area contributed by atoms with Crippen LogP contribution in [0.3, 0.4) is 0 Å². The van der Waals surface area contributed by atoms with Gasteiger partial charge in [-0.3, -0.25) is 0 Å². The maximum Gasteiger partial charge on any atom is 0.342 e. The van der Waals surface area contributed by atoms with Crippen molar-refractivity contribution in [2.45, 2.75) is 26.7 Å². The number of esters is 1. The number of carbonyl (C=O) groups excluding carboxylic acids is 1. The number of pyridine rings is 1. The first-order valence-electron chi connectivity index (χ1n) is 7.98. The van der Waals surface area contributed by atoms with E-state index in [4.69, 9.17) is 14.9 Å².